The topological polar surface area (TPSA) is 44.4 Å². The van der Waals surface area contributed by atoms with Gasteiger partial charge in [-0.15, -0.1) is 0 Å². The van der Waals surface area contributed by atoms with Gasteiger partial charge in [0.15, 0.2) is 0 Å². The highest BCUT2D eigenvalue weighted by atomic mass is 16.1. The van der Waals surface area contributed by atoms with Gasteiger partial charge >= 0.3 is 0 Å². The maximum atomic E-state index is 12.2. The van der Waals surface area contributed by atoms with E-state index in [2.05, 4.69) is 22.5 Å². The normalized spacial score (nSPS) is 27.8. The van der Waals surface area contributed by atoms with E-state index in [1.807, 2.05) is 0 Å². The molecule has 0 aromatic carbocycles. The first-order chi connectivity index (χ1) is 9.22. The predicted molar refractivity (Wildman–Crippen MR) is 75.9 cm³/mol. The standard InChI is InChI=1S/C15H27N3O/c1-11(13-8-16-9-13)15(19)17-14-4-6-18(7-5-14)10-12-2-3-12/h11-14,16H,2-10H2,1H3,(H,17,19). The third-order valence-electron chi connectivity index (χ3n) is 5.08. The van der Waals surface area contributed by atoms with Gasteiger partial charge in [-0.25, -0.2) is 0 Å². The molecule has 3 aliphatic rings. The highest BCUT2D eigenvalue weighted by Crippen LogP contribution is 2.30. The number of amides is 1. The Labute approximate surface area is 116 Å². The molecule has 1 atom stereocenters. The number of rotatable bonds is 5. The molecule has 0 radical (unpaired) electrons. The second-order valence-electron chi connectivity index (χ2n) is 6.73. The molecule has 4 nitrogen and oxygen atoms in total. The lowest BCUT2D eigenvalue weighted by Crippen LogP contribution is -2.52. The summed E-state index contributed by atoms with van der Waals surface area (Å²) in [6.45, 7) is 7.72. The number of nitrogens with one attached hydrogen (secondary N) is 2. The van der Waals surface area contributed by atoms with E-state index in [1.165, 1.54) is 32.5 Å². The molecule has 1 saturated carbocycles. The Balaban J connectivity index is 1.37. The van der Waals surface area contributed by atoms with E-state index >= 15 is 0 Å². The minimum absolute atomic E-state index is 0.172. The minimum atomic E-state index is 0.172. The second kappa shape index (κ2) is 5.80. The summed E-state index contributed by atoms with van der Waals surface area (Å²) in [5, 5.41) is 6.51. The van der Waals surface area contributed by atoms with Crippen LogP contribution in [0.15, 0.2) is 0 Å². The molecule has 1 unspecified atom stereocenters. The van der Waals surface area contributed by atoms with Gasteiger partial charge in [0.1, 0.15) is 0 Å². The van der Waals surface area contributed by atoms with Gasteiger partial charge < -0.3 is 15.5 Å². The quantitative estimate of drug-likeness (QED) is 0.774. The molecule has 0 bridgehead atoms. The molecule has 1 amide bonds. The van der Waals surface area contributed by atoms with E-state index in [0.717, 1.165) is 31.8 Å². The van der Waals surface area contributed by atoms with Gasteiger partial charge in [-0.2, -0.15) is 0 Å². The van der Waals surface area contributed by atoms with Gasteiger partial charge in [0, 0.05) is 31.6 Å². The summed E-state index contributed by atoms with van der Waals surface area (Å²) in [6, 6.07) is 0.415. The number of hydrogen-bond donors (Lipinski definition) is 2. The van der Waals surface area contributed by atoms with Crippen molar-refractivity contribution < 1.29 is 4.79 Å². The molecule has 2 N–H and O–H groups in total. The summed E-state index contributed by atoms with van der Waals surface area (Å²) in [4.78, 5) is 14.7. The summed E-state index contributed by atoms with van der Waals surface area (Å²) in [6.07, 6.45) is 5.13. The van der Waals surface area contributed by atoms with Gasteiger partial charge in [-0.3, -0.25) is 4.79 Å². The smallest absolute Gasteiger partial charge is 0.223 e. The maximum Gasteiger partial charge on any atom is 0.223 e. The van der Waals surface area contributed by atoms with Crippen LogP contribution in [0.4, 0.5) is 0 Å². The molecule has 108 valence electrons. The Bertz CT molecular complexity index is 317. The first kappa shape index (κ1) is 13.4. The van der Waals surface area contributed by atoms with Crippen LogP contribution in [-0.2, 0) is 4.79 Å². The highest BCUT2D eigenvalue weighted by Gasteiger charge is 2.31. The van der Waals surface area contributed by atoms with E-state index in [0.29, 0.717) is 12.0 Å². The molecular weight excluding hydrogens is 238 g/mol. The summed E-state index contributed by atoms with van der Waals surface area (Å²) < 4.78 is 0. The number of carbonyl (C=O) groups is 1. The monoisotopic (exact) mass is 265 g/mol. The molecule has 1 aliphatic carbocycles. The van der Waals surface area contributed by atoms with Gasteiger partial charge in [0.25, 0.3) is 0 Å². The largest absolute Gasteiger partial charge is 0.353 e. The van der Waals surface area contributed by atoms with Crippen LogP contribution in [-0.4, -0.2) is 49.6 Å². The Morgan fingerprint density at radius 2 is 1.95 bits per heavy atom. The van der Waals surface area contributed by atoms with Crippen LogP contribution in [0.2, 0.25) is 0 Å². The molecule has 2 saturated heterocycles. The molecule has 0 aromatic rings. The average Bonchev–Trinajstić information content (AvgIpc) is 3.13. The minimum Gasteiger partial charge on any atom is -0.353 e. The Kier molecular flexibility index (Phi) is 4.08. The van der Waals surface area contributed by atoms with Crippen LogP contribution in [0.1, 0.15) is 32.6 Å². The fraction of sp³-hybridized carbons (Fsp3) is 0.933. The van der Waals surface area contributed by atoms with E-state index in [1.54, 1.807) is 0 Å². The molecule has 2 heterocycles. The average molecular weight is 265 g/mol. The fourth-order valence-electron chi connectivity index (χ4n) is 3.14. The van der Waals surface area contributed by atoms with Crippen molar-refractivity contribution in [3.63, 3.8) is 0 Å². The number of likely N-dealkylation sites (tertiary alicyclic amines) is 1. The lowest BCUT2D eigenvalue weighted by molar-refractivity contribution is -0.127. The lowest BCUT2D eigenvalue weighted by Gasteiger charge is -2.35. The fourth-order valence-corrected chi connectivity index (χ4v) is 3.14. The number of nitrogens with zero attached hydrogens (tertiary/aromatic N) is 1. The van der Waals surface area contributed by atoms with Crippen LogP contribution in [0.25, 0.3) is 0 Å². The zero-order valence-electron chi connectivity index (χ0n) is 12.0. The third-order valence-corrected chi connectivity index (χ3v) is 5.08. The molecule has 2 aliphatic heterocycles. The van der Waals surface area contributed by atoms with Crippen molar-refractivity contribution in [2.75, 3.05) is 32.7 Å². The van der Waals surface area contributed by atoms with Crippen molar-refractivity contribution >= 4 is 5.91 Å². The molecule has 0 spiro atoms. The summed E-state index contributed by atoms with van der Waals surface area (Å²) in [5.74, 6) is 1.98. The Morgan fingerprint density at radius 3 is 2.47 bits per heavy atom. The lowest BCUT2D eigenvalue weighted by atomic mass is 9.88. The van der Waals surface area contributed by atoms with Crippen molar-refractivity contribution in [1.82, 2.24) is 15.5 Å². The van der Waals surface area contributed by atoms with Crippen LogP contribution in [0, 0.1) is 17.8 Å². The maximum absolute atomic E-state index is 12.2. The van der Waals surface area contributed by atoms with Gasteiger partial charge in [0.2, 0.25) is 5.91 Å². The number of carbonyl (C=O) groups excluding carboxylic acids is 1. The SMILES string of the molecule is CC(C(=O)NC1CCN(CC2CC2)CC1)C1CNC1. The summed E-state index contributed by atoms with van der Waals surface area (Å²) >= 11 is 0. The molecular formula is C15H27N3O. The summed E-state index contributed by atoms with van der Waals surface area (Å²) in [7, 11) is 0. The zero-order chi connectivity index (χ0) is 13.2. The van der Waals surface area contributed by atoms with Crippen molar-refractivity contribution in [2.45, 2.75) is 38.6 Å². The third kappa shape index (κ3) is 3.48. The molecule has 3 rings (SSSR count). The first-order valence-corrected chi connectivity index (χ1v) is 7.96. The molecule has 4 heteroatoms. The van der Waals surface area contributed by atoms with Gasteiger partial charge in [0.05, 0.1) is 0 Å². The van der Waals surface area contributed by atoms with E-state index in [-0.39, 0.29) is 11.8 Å². The predicted octanol–water partition coefficient (Wildman–Crippen LogP) is 0.833. The highest BCUT2D eigenvalue weighted by molar-refractivity contribution is 5.79. The summed E-state index contributed by atoms with van der Waals surface area (Å²) in [5.41, 5.74) is 0. The van der Waals surface area contributed by atoms with Crippen molar-refractivity contribution in [3.05, 3.63) is 0 Å². The molecule has 0 aromatic heterocycles. The van der Waals surface area contributed by atoms with Crippen molar-refractivity contribution in [3.8, 4) is 0 Å². The van der Waals surface area contributed by atoms with Crippen LogP contribution in [0.5, 0.6) is 0 Å². The zero-order valence-corrected chi connectivity index (χ0v) is 12.0. The number of hydrogen-bond acceptors (Lipinski definition) is 3. The van der Waals surface area contributed by atoms with Gasteiger partial charge in [-0.1, -0.05) is 6.92 Å². The van der Waals surface area contributed by atoms with Crippen molar-refractivity contribution in [2.24, 2.45) is 17.8 Å². The van der Waals surface area contributed by atoms with Crippen LogP contribution in [0.3, 0.4) is 0 Å². The van der Waals surface area contributed by atoms with Crippen molar-refractivity contribution in [1.29, 1.82) is 0 Å². The first-order valence-electron chi connectivity index (χ1n) is 7.96. The van der Waals surface area contributed by atoms with Crippen LogP contribution >= 0.6 is 0 Å². The van der Waals surface area contributed by atoms with E-state index in [9.17, 15) is 4.79 Å². The Hall–Kier alpha value is -0.610. The van der Waals surface area contributed by atoms with Gasteiger partial charge in [-0.05, 0) is 50.6 Å². The second-order valence-corrected chi connectivity index (χ2v) is 6.73. The molecule has 3 fully saturated rings. The molecule has 19 heavy (non-hydrogen) atoms. The van der Waals surface area contributed by atoms with E-state index in [4.69, 9.17) is 0 Å². The van der Waals surface area contributed by atoms with E-state index < -0.39 is 0 Å². The number of piperidine rings is 1. The Morgan fingerprint density at radius 1 is 1.26 bits per heavy atom. The van der Waals surface area contributed by atoms with Crippen LogP contribution < -0.4 is 10.6 Å².